The van der Waals surface area contributed by atoms with Crippen molar-refractivity contribution in [3.05, 3.63) is 65.4 Å². The average molecular weight is 475 g/mol. The van der Waals surface area contributed by atoms with Crippen molar-refractivity contribution >= 4 is 16.9 Å². The van der Waals surface area contributed by atoms with Gasteiger partial charge >= 0.3 is 0 Å². The predicted octanol–water partition coefficient (Wildman–Crippen LogP) is 4.94. The van der Waals surface area contributed by atoms with Gasteiger partial charge in [0.15, 0.2) is 17.1 Å². The number of hydrogen-bond acceptors (Lipinski definition) is 6. The Labute approximate surface area is 204 Å². The highest BCUT2D eigenvalue weighted by Crippen LogP contribution is 2.38. The number of aromatic nitrogens is 3. The molecule has 1 amide bonds. The summed E-state index contributed by atoms with van der Waals surface area (Å²) in [5.74, 6) is 1.35. The van der Waals surface area contributed by atoms with E-state index in [0.717, 1.165) is 22.4 Å². The zero-order valence-corrected chi connectivity index (χ0v) is 20.9. The molecule has 0 spiro atoms. The summed E-state index contributed by atoms with van der Waals surface area (Å²) in [5.41, 5.74) is 4.81. The molecular weight excluding hydrogens is 444 g/mol. The SMILES string of the molecule is COc1cc(CNC(=O)c2cc(-c3ccccc3C)nc3c2cnn3C(C)C)cc(OC)c1OC. The molecule has 0 radical (unpaired) electrons. The molecule has 1 N–H and O–H groups in total. The van der Waals surface area contributed by atoms with E-state index >= 15 is 0 Å². The van der Waals surface area contributed by atoms with Gasteiger partial charge in [-0.25, -0.2) is 9.67 Å². The molecule has 2 heterocycles. The van der Waals surface area contributed by atoms with Gasteiger partial charge in [-0.2, -0.15) is 5.10 Å². The van der Waals surface area contributed by atoms with Gasteiger partial charge in [-0.3, -0.25) is 4.79 Å². The third-order valence-corrected chi connectivity index (χ3v) is 5.90. The molecule has 4 rings (SSSR count). The van der Waals surface area contributed by atoms with Crippen LogP contribution in [0.5, 0.6) is 17.2 Å². The fourth-order valence-corrected chi connectivity index (χ4v) is 4.10. The summed E-state index contributed by atoms with van der Waals surface area (Å²) >= 11 is 0. The lowest BCUT2D eigenvalue weighted by Gasteiger charge is -2.15. The molecule has 8 nitrogen and oxygen atoms in total. The summed E-state index contributed by atoms with van der Waals surface area (Å²) in [6.45, 7) is 6.39. The summed E-state index contributed by atoms with van der Waals surface area (Å²) in [6.07, 6.45) is 1.71. The van der Waals surface area contributed by atoms with E-state index in [4.69, 9.17) is 19.2 Å². The fraction of sp³-hybridized carbons (Fsp3) is 0.296. The molecule has 0 atom stereocenters. The van der Waals surface area contributed by atoms with E-state index in [2.05, 4.69) is 10.4 Å². The summed E-state index contributed by atoms with van der Waals surface area (Å²) in [7, 11) is 4.68. The van der Waals surface area contributed by atoms with E-state index in [1.165, 1.54) is 0 Å². The van der Waals surface area contributed by atoms with Gasteiger partial charge in [0, 0.05) is 18.2 Å². The summed E-state index contributed by atoms with van der Waals surface area (Å²) in [5, 5.41) is 8.24. The maximum Gasteiger partial charge on any atom is 0.252 e. The Morgan fingerprint density at radius 3 is 2.31 bits per heavy atom. The first kappa shape index (κ1) is 24.1. The molecule has 0 fully saturated rings. The number of methoxy groups -OCH3 is 3. The van der Waals surface area contributed by atoms with Gasteiger partial charge in [0.25, 0.3) is 5.91 Å². The highest BCUT2D eigenvalue weighted by molar-refractivity contribution is 6.06. The molecule has 8 heteroatoms. The number of rotatable bonds is 8. The number of carbonyl (C=O) groups is 1. The molecule has 0 bridgehead atoms. The number of nitrogens with one attached hydrogen (secondary N) is 1. The van der Waals surface area contributed by atoms with Gasteiger partial charge in [-0.05, 0) is 50.1 Å². The van der Waals surface area contributed by atoms with E-state index in [1.807, 2.05) is 67.9 Å². The second-order valence-corrected chi connectivity index (χ2v) is 8.51. The number of nitrogens with zero attached hydrogens (tertiary/aromatic N) is 3. The number of hydrogen-bond donors (Lipinski definition) is 1. The van der Waals surface area contributed by atoms with E-state index in [-0.39, 0.29) is 18.5 Å². The zero-order chi connectivity index (χ0) is 25.1. The Balaban J connectivity index is 1.73. The van der Waals surface area contributed by atoms with Crippen molar-refractivity contribution in [1.82, 2.24) is 20.1 Å². The minimum absolute atomic E-state index is 0.0993. The minimum Gasteiger partial charge on any atom is -0.493 e. The molecule has 0 saturated heterocycles. The van der Waals surface area contributed by atoms with Crippen molar-refractivity contribution < 1.29 is 19.0 Å². The van der Waals surface area contributed by atoms with Crippen molar-refractivity contribution in [2.75, 3.05) is 21.3 Å². The molecule has 182 valence electrons. The molecule has 0 aliphatic rings. The average Bonchev–Trinajstić information content (AvgIpc) is 3.30. The lowest BCUT2D eigenvalue weighted by atomic mass is 10.0. The predicted molar refractivity (Wildman–Crippen MR) is 135 cm³/mol. The lowest BCUT2D eigenvalue weighted by molar-refractivity contribution is 0.0952. The molecule has 4 aromatic rings. The number of amides is 1. The first-order valence-electron chi connectivity index (χ1n) is 11.4. The van der Waals surface area contributed by atoms with Gasteiger partial charge in [0.1, 0.15) is 0 Å². The Bertz CT molecular complexity index is 1350. The Morgan fingerprint density at radius 1 is 1.03 bits per heavy atom. The number of fused-ring (bicyclic) bond motifs is 1. The van der Waals surface area contributed by atoms with E-state index in [1.54, 1.807) is 27.5 Å². The fourth-order valence-electron chi connectivity index (χ4n) is 4.10. The second kappa shape index (κ2) is 10.0. The molecule has 2 aromatic heterocycles. The van der Waals surface area contributed by atoms with E-state index < -0.39 is 0 Å². The Kier molecular flexibility index (Phi) is 6.91. The van der Waals surface area contributed by atoms with E-state index in [0.29, 0.717) is 33.8 Å². The number of carbonyl (C=O) groups excluding carboxylic acids is 1. The van der Waals surface area contributed by atoms with Gasteiger partial charge in [0.05, 0.1) is 44.2 Å². The highest BCUT2D eigenvalue weighted by Gasteiger charge is 2.20. The van der Waals surface area contributed by atoms with Crippen LogP contribution in [0.2, 0.25) is 0 Å². The van der Waals surface area contributed by atoms with Crippen LogP contribution in [-0.4, -0.2) is 42.0 Å². The van der Waals surface area contributed by atoms with Crippen molar-refractivity contribution in [2.24, 2.45) is 0 Å². The third-order valence-electron chi connectivity index (χ3n) is 5.90. The third kappa shape index (κ3) is 4.64. The monoisotopic (exact) mass is 474 g/mol. The molecular formula is C27H30N4O4. The number of pyridine rings is 1. The van der Waals surface area contributed by atoms with Gasteiger partial charge in [-0.1, -0.05) is 24.3 Å². The van der Waals surface area contributed by atoms with Gasteiger partial charge in [-0.15, -0.1) is 0 Å². The molecule has 0 unspecified atom stereocenters. The van der Waals surface area contributed by atoms with Crippen LogP contribution in [0.4, 0.5) is 0 Å². The molecule has 0 aliphatic heterocycles. The van der Waals surface area contributed by atoms with Gasteiger partial charge in [0.2, 0.25) is 5.75 Å². The van der Waals surface area contributed by atoms with Crippen molar-refractivity contribution in [1.29, 1.82) is 0 Å². The smallest absolute Gasteiger partial charge is 0.252 e. The lowest BCUT2D eigenvalue weighted by Crippen LogP contribution is -2.23. The summed E-state index contributed by atoms with van der Waals surface area (Å²) in [6, 6.07) is 13.6. The van der Waals surface area contributed by atoms with Crippen LogP contribution in [0.15, 0.2) is 48.7 Å². The Hall–Kier alpha value is -4.07. The number of benzene rings is 2. The molecule has 0 aliphatic carbocycles. The summed E-state index contributed by atoms with van der Waals surface area (Å²) in [4.78, 5) is 18.3. The number of ether oxygens (including phenoxy) is 3. The highest BCUT2D eigenvalue weighted by atomic mass is 16.5. The van der Waals surface area contributed by atoms with Crippen LogP contribution in [0, 0.1) is 6.92 Å². The van der Waals surface area contributed by atoms with Crippen LogP contribution in [0.3, 0.4) is 0 Å². The van der Waals surface area contributed by atoms with Gasteiger partial charge < -0.3 is 19.5 Å². The first-order chi connectivity index (χ1) is 16.9. The molecule has 2 aromatic carbocycles. The van der Waals surface area contributed by atoms with Crippen LogP contribution in [0.25, 0.3) is 22.3 Å². The standard InChI is InChI=1S/C27H30N4O4/c1-16(2)31-26-21(15-29-31)20(13-22(30-26)19-10-8-7-9-17(19)3)27(32)28-14-18-11-23(33-4)25(35-6)24(12-18)34-5/h7-13,15-16H,14H2,1-6H3,(H,28,32). The van der Waals surface area contributed by atoms with Crippen molar-refractivity contribution in [3.8, 4) is 28.5 Å². The first-order valence-corrected chi connectivity index (χ1v) is 11.4. The van der Waals surface area contributed by atoms with Crippen LogP contribution in [-0.2, 0) is 6.54 Å². The second-order valence-electron chi connectivity index (χ2n) is 8.51. The largest absolute Gasteiger partial charge is 0.493 e. The van der Waals surface area contributed by atoms with Crippen LogP contribution >= 0.6 is 0 Å². The molecule has 0 saturated carbocycles. The molecule has 35 heavy (non-hydrogen) atoms. The quantitative estimate of drug-likeness (QED) is 0.389. The Morgan fingerprint density at radius 2 is 1.71 bits per heavy atom. The summed E-state index contributed by atoms with van der Waals surface area (Å²) < 4.78 is 18.1. The van der Waals surface area contributed by atoms with Crippen LogP contribution in [0.1, 0.15) is 41.4 Å². The van der Waals surface area contributed by atoms with E-state index in [9.17, 15) is 4.79 Å². The van der Waals surface area contributed by atoms with Crippen molar-refractivity contribution in [2.45, 2.75) is 33.4 Å². The normalized spacial score (nSPS) is 11.1. The maximum absolute atomic E-state index is 13.4. The van der Waals surface area contributed by atoms with Crippen molar-refractivity contribution in [3.63, 3.8) is 0 Å². The zero-order valence-electron chi connectivity index (χ0n) is 20.9. The minimum atomic E-state index is -0.218. The maximum atomic E-state index is 13.4. The number of aryl methyl sites for hydroxylation is 1. The van der Waals surface area contributed by atoms with Crippen LogP contribution < -0.4 is 19.5 Å². The topological polar surface area (TPSA) is 87.5 Å².